The third-order valence-electron chi connectivity index (χ3n) is 4.82. The van der Waals surface area contributed by atoms with Gasteiger partial charge in [-0.2, -0.15) is 4.31 Å². The molecule has 1 amide bonds. The summed E-state index contributed by atoms with van der Waals surface area (Å²) in [6, 6.07) is 5.20. The van der Waals surface area contributed by atoms with E-state index >= 15 is 0 Å². The molecule has 0 aromatic heterocycles. The second-order valence-electron chi connectivity index (χ2n) is 6.54. The normalized spacial score (nSPS) is 23.0. The van der Waals surface area contributed by atoms with E-state index in [0.29, 0.717) is 43.3 Å². The molecule has 2 aliphatic heterocycles. The zero-order valence-corrected chi connectivity index (χ0v) is 14.6. The van der Waals surface area contributed by atoms with Gasteiger partial charge < -0.3 is 4.90 Å². The summed E-state index contributed by atoms with van der Waals surface area (Å²) in [4.78, 5) is 14.0. The van der Waals surface area contributed by atoms with Gasteiger partial charge in [0.25, 0.3) is 0 Å². The fraction of sp³-hybridized carbons (Fsp3) is 0.588. The van der Waals surface area contributed by atoms with Gasteiger partial charge in [0.2, 0.25) is 15.9 Å². The fourth-order valence-electron chi connectivity index (χ4n) is 3.56. The summed E-state index contributed by atoms with van der Waals surface area (Å²) in [7, 11) is -3.44. The van der Waals surface area contributed by atoms with E-state index in [1.807, 2.05) is 6.92 Å². The first kappa shape index (κ1) is 16.5. The third-order valence-corrected chi connectivity index (χ3v) is 6.69. The van der Waals surface area contributed by atoms with Gasteiger partial charge in [0, 0.05) is 31.7 Å². The summed E-state index contributed by atoms with van der Waals surface area (Å²) in [6.07, 6.45) is 3.07. The Morgan fingerprint density at radius 2 is 2.04 bits per heavy atom. The molecule has 2 aliphatic rings. The second kappa shape index (κ2) is 6.24. The molecule has 1 saturated heterocycles. The van der Waals surface area contributed by atoms with E-state index in [-0.39, 0.29) is 5.91 Å². The van der Waals surface area contributed by atoms with Crippen molar-refractivity contribution < 1.29 is 13.2 Å². The van der Waals surface area contributed by atoms with Crippen molar-refractivity contribution in [1.82, 2.24) is 4.31 Å². The van der Waals surface area contributed by atoms with Crippen molar-refractivity contribution in [3.63, 3.8) is 0 Å². The first-order valence-electron chi connectivity index (χ1n) is 8.37. The Labute approximate surface area is 138 Å². The van der Waals surface area contributed by atoms with Crippen LogP contribution in [0.15, 0.2) is 23.1 Å². The van der Waals surface area contributed by atoms with E-state index in [9.17, 15) is 13.2 Å². The SMILES string of the molecule is CCN1C(=O)CCc2cc(S(=O)(=O)N3CCCC(C)C3)ccc21. The standard InChI is InChI=1S/C17H24N2O3S/c1-3-19-16-8-7-15(11-14(16)6-9-17(19)20)23(21,22)18-10-4-5-13(2)12-18/h7-8,11,13H,3-6,9-10,12H2,1-2H3. The average Bonchev–Trinajstić information content (AvgIpc) is 2.54. The summed E-state index contributed by atoms with van der Waals surface area (Å²) in [5.41, 5.74) is 1.81. The lowest BCUT2D eigenvalue weighted by atomic mass is 10.0. The minimum absolute atomic E-state index is 0.112. The van der Waals surface area contributed by atoms with Gasteiger partial charge in [-0.05, 0) is 55.9 Å². The van der Waals surface area contributed by atoms with Gasteiger partial charge in [0.1, 0.15) is 0 Å². The number of sulfonamides is 1. The van der Waals surface area contributed by atoms with Crippen LogP contribution in [0.25, 0.3) is 0 Å². The van der Waals surface area contributed by atoms with Crippen LogP contribution in [0.2, 0.25) is 0 Å². The molecule has 1 atom stereocenters. The average molecular weight is 336 g/mol. The maximum Gasteiger partial charge on any atom is 0.243 e. The van der Waals surface area contributed by atoms with Gasteiger partial charge in [-0.1, -0.05) is 6.92 Å². The van der Waals surface area contributed by atoms with E-state index < -0.39 is 10.0 Å². The van der Waals surface area contributed by atoms with Crippen molar-refractivity contribution in [3.8, 4) is 0 Å². The van der Waals surface area contributed by atoms with Crippen molar-refractivity contribution in [2.24, 2.45) is 5.92 Å². The molecule has 1 fully saturated rings. The number of benzene rings is 1. The molecule has 0 spiro atoms. The zero-order valence-electron chi connectivity index (χ0n) is 13.8. The summed E-state index contributed by atoms with van der Waals surface area (Å²) in [5, 5.41) is 0. The molecular weight excluding hydrogens is 312 g/mol. The molecule has 0 bridgehead atoms. The van der Waals surface area contributed by atoms with Crippen molar-refractivity contribution in [3.05, 3.63) is 23.8 Å². The minimum atomic E-state index is -3.44. The Hall–Kier alpha value is -1.40. The monoisotopic (exact) mass is 336 g/mol. The van der Waals surface area contributed by atoms with Crippen LogP contribution in [0.4, 0.5) is 5.69 Å². The lowest BCUT2D eigenvalue weighted by molar-refractivity contribution is -0.118. The highest BCUT2D eigenvalue weighted by molar-refractivity contribution is 7.89. The van der Waals surface area contributed by atoms with Crippen molar-refractivity contribution in [2.75, 3.05) is 24.5 Å². The van der Waals surface area contributed by atoms with Gasteiger partial charge in [0.15, 0.2) is 0 Å². The number of nitrogens with zero attached hydrogens (tertiary/aromatic N) is 2. The van der Waals surface area contributed by atoms with E-state index in [1.165, 1.54) is 0 Å². The number of hydrogen-bond donors (Lipinski definition) is 0. The summed E-state index contributed by atoms with van der Waals surface area (Å²) in [5.74, 6) is 0.518. The Kier molecular flexibility index (Phi) is 4.47. The Balaban J connectivity index is 1.94. The van der Waals surface area contributed by atoms with Crippen molar-refractivity contribution in [1.29, 1.82) is 0 Å². The number of amides is 1. The van der Waals surface area contributed by atoms with Gasteiger partial charge in [-0.15, -0.1) is 0 Å². The summed E-state index contributed by atoms with van der Waals surface area (Å²) >= 11 is 0. The lowest BCUT2D eigenvalue weighted by Gasteiger charge is -2.31. The Morgan fingerprint density at radius 1 is 1.26 bits per heavy atom. The highest BCUT2D eigenvalue weighted by Crippen LogP contribution is 2.31. The molecule has 0 aliphatic carbocycles. The van der Waals surface area contributed by atoms with Crippen molar-refractivity contribution >= 4 is 21.6 Å². The van der Waals surface area contributed by atoms with Crippen LogP contribution in [0, 0.1) is 5.92 Å². The maximum absolute atomic E-state index is 12.9. The van der Waals surface area contributed by atoms with Crippen LogP contribution in [0.3, 0.4) is 0 Å². The number of anilines is 1. The van der Waals surface area contributed by atoms with E-state index in [0.717, 1.165) is 24.1 Å². The van der Waals surface area contributed by atoms with Gasteiger partial charge in [-0.3, -0.25) is 4.79 Å². The molecule has 3 rings (SSSR count). The summed E-state index contributed by atoms with van der Waals surface area (Å²) < 4.78 is 27.4. The first-order chi connectivity index (χ1) is 10.9. The number of fused-ring (bicyclic) bond motifs is 1. The number of carbonyl (C=O) groups excluding carboxylic acids is 1. The third kappa shape index (κ3) is 3.02. The molecule has 1 aromatic rings. The number of rotatable bonds is 3. The minimum Gasteiger partial charge on any atom is -0.312 e. The first-order valence-corrected chi connectivity index (χ1v) is 9.81. The highest BCUT2D eigenvalue weighted by Gasteiger charge is 2.30. The Bertz CT molecular complexity index is 715. The van der Waals surface area contributed by atoms with Gasteiger partial charge in [0.05, 0.1) is 4.90 Å². The van der Waals surface area contributed by atoms with Crippen LogP contribution in [-0.4, -0.2) is 38.3 Å². The number of piperidine rings is 1. The second-order valence-corrected chi connectivity index (χ2v) is 8.48. The number of aryl methyl sites for hydroxylation is 1. The van der Waals surface area contributed by atoms with Crippen LogP contribution in [0.5, 0.6) is 0 Å². The largest absolute Gasteiger partial charge is 0.312 e. The molecular formula is C17H24N2O3S. The van der Waals surface area contributed by atoms with Crippen molar-refractivity contribution in [2.45, 2.75) is 44.4 Å². The lowest BCUT2D eigenvalue weighted by Crippen LogP contribution is -2.39. The molecule has 0 radical (unpaired) electrons. The summed E-state index contributed by atoms with van der Waals surface area (Å²) in [6.45, 7) is 5.84. The molecule has 126 valence electrons. The highest BCUT2D eigenvalue weighted by atomic mass is 32.2. The van der Waals surface area contributed by atoms with Gasteiger partial charge >= 0.3 is 0 Å². The Morgan fingerprint density at radius 3 is 2.74 bits per heavy atom. The quantitative estimate of drug-likeness (QED) is 0.852. The number of hydrogen-bond acceptors (Lipinski definition) is 3. The molecule has 0 saturated carbocycles. The smallest absolute Gasteiger partial charge is 0.243 e. The molecule has 1 unspecified atom stereocenters. The number of carbonyl (C=O) groups is 1. The maximum atomic E-state index is 12.9. The predicted molar refractivity (Wildman–Crippen MR) is 89.9 cm³/mol. The van der Waals surface area contributed by atoms with Crippen LogP contribution in [-0.2, 0) is 21.2 Å². The van der Waals surface area contributed by atoms with E-state index in [2.05, 4.69) is 6.92 Å². The zero-order chi connectivity index (χ0) is 16.6. The fourth-order valence-corrected chi connectivity index (χ4v) is 5.21. The molecule has 5 nitrogen and oxygen atoms in total. The van der Waals surface area contributed by atoms with Crippen LogP contribution in [0.1, 0.15) is 38.7 Å². The van der Waals surface area contributed by atoms with Crippen LogP contribution >= 0.6 is 0 Å². The molecule has 2 heterocycles. The van der Waals surface area contributed by atoms with E-state index in [4.69, 9.17) is 0 Å². The predicted octanol–water partition coefficient (Wildman–Crippen LogP) is 2.41. The molecule has 0 N–H and O–H groups in total. The van der Waals surface area contributed by atoms with E-state index in [1.54, 1.807) is 27.4 Å². The molecule has 23 heavy (non-hydrogen) atoms. The molecule has 1 aromatic carbocycles. The van der Waals surface area contributed by atoms with Gasteiger partial charge in [-0.25, -0.2) is 8.42 Å². The van der Waals surface area contributed by atoms with Crippen LogP contribution < -0.4 is 4.90 Å². The topological polar surface area (TPSA) is 57.7 Å². The molecule has 6 heteroatoms.